The standard InChI is InChI=1S/C22H27N3O2/c1-17(25-11-10-18-6-2-3-7-19(18)16-25)22(27)24-14-12-23(13-15-24)20-8-4-5-9-21(20)26/h2-9,17,26H,10-16H2,1H3/t17-/m1/s1. The third kappa shape index (κ3) is 3.65. The van der Waals surface area contributed by atoms with E-state index in [0.717, 1.165) is 38.3 Å². The van der Waals surface area contributed by atoms with Gasteiger partial charge in [-0.1, -0.05) is 36.4 Å². The van der Waals surface area contributed by atoms with Gasteiger partial charge in [0.2, 0.25) is 5.91 Å². The van der Waals surface area contributed by atoms with Gasteiger partial charge in [-0.15, -0.1) is 0 Å². The van der Waals surface area contributed by atoms with E-state index >= 15 is 0 Å². The fourth-order valence-corrected chi connectivity index (χ4v) is 4.17. The van der Waals surface area contributed by atoms with Crippen molar-refractivity contribution in [3.05, 3.63) is 59.7 Å². The fraction of sp³-hybridized carbons (Fsp3) is 0.409. The van der Waals surface area contributed by atoms with Crippen molar-refractivity contribution in [2.45, 2.75) is 25.9 Å². The lowest BCUT2D eigenvalue weighted by Gasteiger charge is -2.40. The predicted octanol–water partition coefficient (Wildman–Crippen LogP) is 2.49. The van der Waals surface area contributed by atoms with Crippen molar-refractivity contribution in [1.82, 2.24) is 9.80 Å². The quantitative estimate of drug-likeness (QED) is 0.908. The summed E-state index contributed by atoms with van der Waals surface area (Å²) in [4.78, 5) is 19.5. The summed E-state index contributed by atoms with van der Waals surface area (Å²) in [6.45, 7) is 6.70. The van der Waals surface area contributed by atoms with Gasteiger partial charge in [0.05, 0.1) is 11.7 Å². The van der Waals surface area contributed by atoms with Crippen molar-refractivity contribution in [1.29, 1.82) is 0 Å². The minimum Gasteiger partial charge on any atom is -0.506 e. The second kappa shape index (κ2) is 7.61. The molecule has 0 aromatic heterocycles. The SMILES string of the molecule is C[C@H](C(=O)N1CCN(c2ccccc2O)CC1)N1CCc2ccccc2C1. The average molecular weight is 365 g/mol. The Kier molecular flexibility index (Phi) is 5.03. The summed E-state index contributed by atoms with van der Waals surface area (Å²) in [7, 11) is 0. The Hall–Kier alpha value is -2.53. The molecule has 0 radical (unpaired) electrons. The number of carbonyl (C=O) groups is 1. The Labute approximate surface area is 160 Å². The van der Waals surface area contributed by atoms with Crippen LogP contribution in [-0.4, -0.2) is 59.6 Å². The number of phenols is 1. The minimum absolute atomic E-state index is 0.102. The van der Waals surface area contributed by atoms with Crippen molar-refractivity contribution >= 4 is 11.6 Å². The summed E-state index contributed by atoms with van der Waals surface area (Å²) < 4.78 is 0. The van der Waals surface area contributed by atoms with Gasteiger partial charge in [-0.2, -0.15) is 0 Å². The zero-order valence-corrected chi connectivity index (χ0v) is 15.8. The lowest BCUT2D eigenvalue weighted by Crippen LogP contribution is -2.54. The summed E-state index contributed by atoms with van der Waals surface area (Å²) in [5.74, 6) is 0.518. The van der Waals surface area contributed by atoms with E-state index in [-0.39, 0.29) is 11.9 Å². The Morgan fingerprint density at radius 1 is 0.926 bits per heavy atom. The number of hydrogen-bond donors (Lipinski definition) is 1. The lowest BCUT2D eigenvalue weighted by molar-refractivity contribution is -0.137. The van der Waals surface area contributed by atoms with Gasteiger partial charge >= 0.3 is 0 Å². The van der Waals surface area contributed by atoms with Crippen LogP contribution in [0.4, 0.5) is 5.69 Å². The highest BCUT2D eigenvalue weighted by Crippen LogP contribution is 2.27. The fourth-order valence-electron chi connectivity index (χ4n) is 4.17. The highest BCUT2D eigenvalue weighted by Gasteiger charge is 2.30. The van der Waals surface area contributed by atoms with Gasteiger partial charge in [0, 0.05) is 39.3 Å². The zero-order valence-electron chi connectivity index (χ0n) is 15.8. The number of hydrogen-bond acceptors (Lipinski definition) is 4. The van der Waals surface area contributed by atoms with Crippen LogP contribution < -0.4 is 4.90 Å². The largest absolute Gasteiger partial charge is 0.506 e. The molecule has 2 aromatic carbocycles. The van der Waals surface area contributed by atoms with Crippen molar-refractivity contribution < 1.29 is 9.90 Å². The summed E-state index contributed by atoms with van der Waals surface area (Å²) in [5, 5.41) is 10.0. The van der Waals surface area contributed by atoms with Crippen molar-refractivity contribution in [2.24, 2.45) is 0 Å². The highest BCUT2D eigenvalue weighted by molar-refractivity contribution is 5.82. The summed E-state index contributed by atoms with van der Waals surface area (Å²) in [6.07, 6.45) is 1.01. The van der Waals surface area contributed by atoms with Crippen LogP contribution in [0.2, 0.25) is 0 Å². The van der Waals surface area contributed by atoms with Gasteiger partial charge in [-0.3, -0.25) is 9.69 Å². The molecular formula is C22H27N3O2. The first kappa shape index (κ1) is 17.9. The van der Waals surface area contributed by atoms with Crippen LogP contribution in [0.1, 0.15) is 18.1 Å². The molecule has 27 heavy (non-hydrogen) atoms. The highest BCUT2D eigenvalue weighted by atomic mass is 16.3. The number of piperazine rings is 1. The molecule has 1 fully saturated rings. The second-order valence-electron chi connectivity index (χ2n) is 7.47. The van der Waals surface area contributed by atoms with Gasteiger partial charge in [0.1, 0.15) is 5.75 Å². The minimum atomic E-state index is -0.102. The topological polar surface area (TPSA) is 47.0 Å². The van der Waals surface area contributed by atoms with E-state index < -0.39 is 0 Å². The summed E-state index contributed by atoms with van der Waals surface area (Å²) in [6, 6.07) is 15.8. The number of nitrogens with zero attached hydrogens (tertiary/aromatic N) is 3. The molecule has 5 heteroatoms. The van der Waals surface area contributed by atoms with Crippen LogP contribution >= 0.6 is 0 Å². The van der Waals surface area contributed by atoms with Crippen LogP contribution in [0.5, 0.6) is 5.75 Å². The van der Waals surface area contributed by atoms with Crippen LogP contribution in [-0.2, 0) is 17.8 Å². The summed E-state index contributed by atoms with van der Waals surface area (Å²) in [5.41, 5.74) is 3.60. The lowest BCUT2D eigenvalue weighted by atomic mass is 9.98. The molecule has 2 aliphatic heterocycles. The van der Waals surface area contributed by atoms with Crippen LogP contribution in [0.15, 0.2) is 48.5 Å². The van der Waals surface area contributed by atoms with Crippen LogP contribution in [0.25, 0.3) is 0 Å². The molecule has 1 atom stereocenters. The van der Waals surface area contributed by atoms with E-state index in [1.54, 1.807) is 6.07 Å². The Morgan fingerprint density at radius 3 is 2.33 bits per heavy atom. The van der Waals surface area contributed by atoms with E-state index in [9.17, 15) is 9.90 Å². The molecule has 5 nitrogen and oxygen atoms in total. The van der Waals surface area contributed by atoms with Gasteiger partial charge in [-0.05, 0) is 36.6 Å². The maximum atomic E-state index is 13.0. The van der Waals surface area contributed by atoms with E-state index in [4.69, 9.17) is 0 Å². The Morgan fingerprint density at radius 2 is 1.59 bits per heavy atom. The van der Waals surface area contributed by atoms with Crippen molar-refractivity contribution in [3.63, 3.8) is 0 Å². The number of amides is 1. The first-order valence-electron chi connectivity index (χ1n) is 9.76. The van der Waals surface area contributed by atoms with Gasteiger partial charge in [-0.25, -0.2) is 0 Å². The molecule has 1 saturated heterocycles. The molecule has 0 saturated carbocycles. The Balaban J connectivity index is 1.36. The van der Waals surface area contributed by atoms with E-state index in [1.165, 1.54) is 11.1 Å². The van der Waals surface area contributed by atoms with Crippen LogP contribution in [0, 0.1) is 0 Å². The van der Waals surface area contributed by atoms with Gasteiger partial charge < -0.3 is 14.9 Å². The van der Waals surface area contributed by atoms with Crippen molar-refractivity contribution in [3.8, 4) is 5.75 Å². The van der Waals surface area contributed by atoms with E-state index in [2.05, 4.69) is 34.1 Å². The van der Waals surface area contributed by atoms with E-state index in [1.807, 2.05) is 30.0 Å². The molecule has 142 valence electrons. The maximum Gasteiger partial charge on any atom is 0.239 e. The third-order valence-corrected chi connectivity index (χ3v) is 5.88. The number of benzene rings is 2. The molecule has 4 rings (SSSR count). The zero-order chi connectivity index (χ0) is 18.8. The molecule has 1 N–H and O–H groups in total. The van der Waals surface area contributed by atoms with Crippen LogP contribution in [0.3, 0.4) is 0 Å². The monoisotopic (exact) mass is 365 g/mol. The van der Waals surface area contributed by atoms with E-state index in [0.29, 0.717) is 18.8 Å². The molecule has 2 aliphatic rings. The second-order valence-corrected chi connectivity index (χ2v) is 7.47. The first-order valence-corrected chi connectivity index (χ1v) is 9.76. The number of anilines is 1. The normalized spacial score (nSPS) is 18.9. The number of aromatic hydroxyl groups is 1. The summed E-state index contributed by atoms with van der Waals surface area (Å²) >= 11 is 0. The third-order valence-electron chi connectivity index (χ3n) is 5.88. The molecule has 2 heterocycles. The average Bonchev–Trinajstić information content (AvgIpc) is 2.73. The number of para-hydroxylation sites is 2. The molecule has 0 aliphatic carbocycles. The van der Waals surface area contributed by atoms with Gasteiger partial charge in [0.15, 0.2) is 0 Å². The molecule has 1 amide bonds. The maximum absolute atomic E-state index is 13.0. The number of fused-ring (bicyclic) bond motifs is 1. The number of rotatable bonds is 3. The first-order chi connectivity index (χ1) is 13.1. The molecular weight excluding hydrogens is 338 g/mol. The molecule has 0 bridgehead atoms. The van der Waals surface area contributed by atoms with Crippen molar-refractivity contribution in [2.75, 3.05) is 37.6 Å². The predicted molar refractivity (Wildman–Crippen MR) is 107 cm³/mol. The molecule has 0 unspecified atom stereocenters. The van der Waals surface area contributed by atoms with Gasteiger partial charge in [0.25, 0.3) is 0 Å². The number of phenolic OH excluding ortho intramolecular Hbond substituents is 1. The molecule has 0 spiro atoms. The molecule has 2 aromatic rings. The smallest absolute Gasteiger partial charge is 0.239 e. The Bertz CT molecular complexity index is 815. The number of carbonyl (C=O) groups excluding carboxylic acids is 1.